The molecule has 0 aliphatic heterocycles. The summed E-state index contributed by atoms with van der Waals surface area (Å²) in [6, 6.07) is 17.0. The summed E-state index contributed by atoms with van der Waals surface area (Å²) in [6.45, 7) is 0. The largest absolute Gasteiger partial charge is 0.383 e. The van der Waals surface area contributed by atoms with Crippen LogP contribution in [0.5, 0.6) is 0 Å². The van der Waals surface area contributed by atoms with Gasteiger partial charge in [0.25, 0.3) is 0 Å². The predicted octanol–water partition coefficient (Wildman–Crippen LogP) is 3.71. The number of primary amides is 1. The van der Waals surface area contributed by atoms with E-state index in [0.29, 0.717) is 11.4 Å². The molecule has 122 valence electrons. The van der Waals surface area contributed by atoms with E-state index in [0.717, 1.165) is 31.9 Å². The summed E-state index contributed by atoms with van der Waals surface area (Å²) in [7, 11) is 0. The molecule has 2 aromatic heterocycles. The second-order valence-electron chi connectivity index (χ2n) is 5.59. The summed E-state index contributed by atoms with van der Waals surface area (Å²) in [5.74, 6) is -0.00583. The lowest BCUT2D eigenvalue weighted by Crippen LogP contribution is -2.10. The molecule has 0 radical (unpaired) electrons. The van der Waals surface area contributed by atoms with E-state index in [2.05, 4.69) is 9.97 Å². The smallest absolute Gasteiger partial charge is 0.248 e. The molecule has 0 saturated heterocycles. The van der Waals surface area contributed by atoms with Gasteiger partial charge in [-0.2, -0.15) is 0 Å². The Morgan fingerprint density at radius 3 is 2.48 bits per heavy atom. The summed E-state index contributed by atoms with van der Waals surface area (Å²) < 4.78 is 1.10. The Bertz CT molecular complexity index is 1050. The SMILES string of the molecule is NC(=O)c1ccc(-c2cnc(N)c(-c3nc4ccccc4s3)c2)cc1. The number of benzene rings is 2. The summed E-state index contributed by atoms with van der Waals surface area (Å²) in [5, 5.41) is 0.835. The Balaban J connectivity index is 1.79. The van der Waals surface area contributed by atoms with Gasteiger partial charge in [-0.25, -0.2) is 9.97 Å². The number of nitrogens with two attached hydrogens (primary N) is 2. The molecule has 4 N–H and O–H groups in total. The van der Waals surface area contributed by atoms with E-state index >= 15 is 0 Å². The van der Waals surface area contributed by atoms with Crippen LogP contribution in [0.25, 0.3) is 31.9 Å². The number of carbonyl (C=O) groups excluding carboxylic acids is 1. The predicted molar refractivity (Wildman–Crippen MR) is 101 cm³/mol. The van der Waals surface area contributed by atoms with Gasteiger partial charge in [-0.3, -0.25) is 4.79 Å². The topological polar surface area (TPSA) is 94.9 Å². The zero-order valence-electron chi connectivity index (χ0n) is 13.1. The highest BCUT2D eigenvalue weighted by Gasteiger charge is 2.12. The zero-order valence-corrected chi connectivity index (χ0v) is 14.0. The first-order chi connectivity index (χ1) is 12.1. The normalized spacial score (nSPS) is 10.9. The van der Waals surface area contributed by atoms with Crippen LogP contribution in [0.4, 0.5) is 5.82 Å². The third-order valence-corrected chi connectivity index (χ3v) is 5.02. The first-order valence-electron chi connectivity index (χ1n) is 7.63. The number of nitrogen functional groups attached to an aromatic ring is 1. The number of hydrogen-bond acceptors (Lipinski definition) is 5. The van der Waals surface area contributed by atoms with Crippen molar-refractivity contribution >= 4 is 33.3 Å². The highest BCUT2D eigenvalue weighted by Crippen LogP contribution is 2.34. The summed E-state index contributed by atoms with van der Waals surface area (Å²) in [5.41, 5.74) is 15.4. The van der Waals surface area contributed by atoms with Crippen molar-refractivity contribution in [1.82, 2.24) is 9.97 Å². The number of para-hydroxylation sites is 1. The molecular formula is C19H14N4OS. The molecule has 0 spiro atoms. The average Bonchev–Trinajstić information content (AvgIpc) is 3.06. The maximum absolute atomic E-state index is 11.2. The highest BCUT2D eigenvalue weighted by molar-refractivity contribution is 7.21. The van der Waals surface area contributed by atoms with Crippen LogP contribution >= 0.6 is 11.3 Å². The molecule has 2 heterocycles. The molecule has 0 fully saturated rings. The van der Waals surface area contributed by atoms with Crippen molar-refractivity contribution in [2.75, 3.05) is 5.73 Å². The molecule has 6 heteroatoms. The number of anilines is 1. The van der Waals surface area contributed by atoms with Crippen molar-refractivity contribution in [1.29, 1.82) is 0 Å². The molecule has 0 atom stereocenters. The van der Waals surface area contributed by atoms with Gasteiger partial charge in [0.1, 0.15) is 10.8 Å². The van der Waals surface area contributed by atoms with E-state index < -0.39 is 5.91 Å². The Hall–Kier alpha value is -3.25. The molecule has 2 aromatic carbocycles. The molecule has 0 saturated carbocycles. The Kier molecular flexibility index (Phi) is 3.66. The number of nitrogens with zero attached hydrogens (tertiary/aromatic N) is 2. The highest BCUT2D eigenvalue weighted by atomic mass is 32.1. The van der Waals surface area contributed by atoms with Gasteiger partial charge in [-0.05, 0) is 35.9 Å². The van der Waals surface area contributed by atoms with Crippen LogP contribution < -0.4 is 11.5 Å². The lowest BCUT2D eigenvalue weighted by molar-refractivity contribution is 0.100. The van der Waals surface area contributed by atoms with Crippen molar-refractivity contribution in [3.63, 3.8) is 0 Å². The second-order valence-corrected chi connectivity index (χ2v) is 6.62. The van der Waals surface area contributed by atoms with Crippen LogP contribution in [0.1, 0.15) is 10.4 Å². The van der Waals surface area contributed by atoms with Gasteiger partial charge < -0.3 is 11.5 Å². The number of hydrogen-bond donors (Lipinski definition) is 2. The summed E-state index contributed by atoms with van der Waals surface area (Å²) in [6.07, 6.45) is 1.71. The lowest BCUT2D eigenvalue weighted by Gasteiger charge is -2.06. The summed E-state index contributed by atoms with van der Waals surface area (Å²) in [4.78, 5) is 20.2. The zero-order chi connectivity index (χ0) is 17.4. The Labute approximate surface area is 148 Å². The van der Waals surface area contributed by atoms with Crippen LogP contribution in [0.15, 0.2) is 60.8 Å². The molecule has 25 heavy (non-hydrogen) atoms. The average molecular weight is 346 g/mol. The maximum atomic E-state index is 11.2. The Morgan fingerprint density at radius 1 is 1.00 bits per heavy atom. The molecule has 0 aliphatic rings. The van der Waals surface area contributed by atoms with Crippen LogP contribution in [-0.4, -0.2) is 15.9 Å². The lowest BCUT2D eigenvalue weighted by atomic mass is 10.0. The standard InChI is InChI=1S/C19H14N4OS/c20-17-14(19-23-15-3-1-2-4-16(15)25-19)9-13(10-22-17)11-5-7-12(8-6-11)18(21)24/h1-10H,(H2,20,22)(H2,21,24). The molecule has 5 nitrogen and oxygen atoms in total. The minimum Gasteiger partial charge on any atom is -0.383 e. The van der Waals surface area contributed by atoms with E-state index in [1.807, 2.05) is 42.5 Å². The number of aromatic nitrogens is 2. The van der Waals surface area contributed by atoms with E-state index in [-0.39, 0.29) is 0 Å². The van der Waals surface area contributed by atoms with Crippen LogP contribution in [0.2, 0.25) is 0 Å². The fraction of sp³-hybridized carbons (Fsp3) is 0. The van der Waals surface area contributed by atoms with Crippen LogP contribution in [0, 0.1) is 0 Å². The molecular weight excluding hydrogens is 332 g/mol. The van der Waals surface area contributed by atoms with E-state index in [1.54, 1.807) is 29.7 Å². The monoisotopic (exact) mass is 346 g/mol. The van der Waals surface area contributed by atoms with Crippen molar-refractivity contribution in [2.24, 2.45) is 5.73 Å². The van der Waals surface area contributed by atoms with Crippen LogP contribution in [0.3, 0.4) is 0 Å². The number of amides is 1. The first kappa shape index (κ1) is 15.3. The maximum Gasteiger partial charge on any atom is 0.248 e. The minimum absolute atomic E-state index is 0.441. The van der Waals surface area contributed by atoms with Crippen molar-refractivity contribution in [3.8, 4) is 21.7 Å². The number of pyridine rings is 1. The van der Waals surface area contributed by atoms with E-state index in [9.17, 15) is 4.79 Å². The van der Waals surface area contributed by atoms with Gasteiger partial charge in [0.15, 0.2) is 0 Å². The van der Waals surface area contributed by atoms with Gasteiger partial charge in [-0.1, -0.05) is 24.3 Å². The summed E-state index contributed by atoms with van der Waals surface area (Å²) >= 11 is 1.58. The molecule has 0 unspecified atom stereocenters. The fourth-order valence-corrected chi connectivity index (χ4v) is 3.61. The van der Waals surface area contributed by atoms with Crippen molar-refractivity contribution in [3.05, 3.63) is 66.4 Å². The quantitative estimate of drug-likeness (QED) is 0.591. The molecule has 4 aromatic rings. The van der Waals surface area contributed by atoms with Gasteiger partial charge in [0.05, 0.1) is 15.8 Å². The molecule has 4 rings (SSSR count). The van der Waals surface area contributed by atoms with E-state index in [4.69, 9.17) is 11.5 Å². The van der Waals surface area contributed by atoms with E-state index in [1.165, 1.54) is 0 Å². The molecule has 1 amide bonds. The number of thiazole rings is 1. The third kappa shape index (κ3) is 2.83. The Morgan fingerprint density at radius 2 is 1.76 bits per heavy atom. The first-order valence-corrected chi connectivity index (χ1v) is 8.45. The second kappa shape index (κ2) is 5.99. The van der Waals surface area contributed by atoms with Crippen LogP contribution in [-0.2, 0) is 0 Å². The van der Waals surface area contributed by atoms with Gasteiger partial charge >= 0.3 is 0 Å². The van der Waals surface area contributed by atoms with Crippen molar-refractivity contribution < 1.29 is 4.79 Å². The molecule has 0 aliphatic carbocycles. The number of fused-ring (bicyclic) bond motifs is 1. The third-order valence-electron chi connectivity index (χ3n) is 3.95. The van der Waals surface area contributed by atoms with Gasteiger partial charge in [0, 0.05) is 17.3 Å². The fourth-order valence-electron chi connectivity index (χ4n) is 2.62. The number of rotatable bonds is 3. The van der Waals surface area contributed by atoms with Crippen molar-refractivity contribution in [2.45, 2.75) is 0 Å². The van der Waals surface area contributed by atoms with Gasteiger partial charge in [-0.15, -0.1) is 11.3 Å². The molecule has 0 bridgehead atoms. The minimum atomic E-state index is -0.447. The number of carbonyl (C=O) groups is 1. The van der Waals surface area contributed by atoms with Gasteiger partial charge in [0.2, 0.25) is 5.91 Å².